The lowest BCUT2D eigenvalue weighted by Gasteiger charge is -2.70. The normalized spacial score (nSPS) is 30.2. The summed E-state index contributed by atoms with van der Waals surface area (Å²) in [5.74, 6) is -2.08. The minimum atomic E-state index is -4.66. The standard InChI is InChI=1S/C22H22F5N3O3/c23-16-2-1-13(7-17(16)24)18-8-30(12-28-18)21-9-20(10-21,11-21)29-19(31)14-5-15(6-14)32-3-4-33-22(25,26)27/h1-2,7-8,12,14-15H,3-6,9-11H2,(H,29,31). The van der Waals surface area contributed by atoms with Crippen LogP contribution in [0.4, 0.5) is 22.0 Å². The molecule has 4 aliphatic rings. The second-order valence-corrected chi connectivity index (χ2v) is 9.27. The largest absolute Gasteiger partial charge is 0.522 e. The molecule has 1 aromatic carbocycles. The molecular weight excluding hydrogens is 449 g/mol. The van der Waals surface area contributed by atoms with Gasteiger partial charge in [-0.05, 0) is 50.3 Å². The van der Waals surface area contributed by atoms with E-state index in [9.17, 15) is 26.7 Å². The van der Waals surface area contributed by atoms with Crippen molar-refractivity contribution >= 4 is 5.91 Å². The minimum absolute atomic E-state index is 0.0530. The van der Waals surface area contributed by atoms with Crippen LogP contribution in [0.15, 0.2) is 30.7 Å². The van der Waals surface area contributed by atoms with Gasteiger partial charge in [-0.15, -0.1) is 13.2 Å². The van der Waals surface area contributed by atoms with Crippen molar-refractivity contribution in [3.05, 3.63) is 42.4 Å². The van der Waals surface area contributed by atoms with Gasteiger partial charge in [0.15, 0.2) is 11.6 Å². The maximum absolute atomic E-state index is 13.5. The molecule has 1 heterocycles. The summed E-state index contributed by atoms with van der Waals surface area (Å²) in [5, 5.41) is 3.12. The Hall–Kier alpha value is -2.53. The first-order valence-electron chi connectivity index (χ1n) is 10.7. The predicted octanol–water partition coefficient (Wildman–Crippen LogP) is 3.91. The Morgan fingerprint density at radius 1 is 1.15 bits per heavy atom. The number of alkyl halides is 3. The molecule has 0 atom stereocenters. The number of hydrogen-bond acceptors (Lipinski definition) is 4. The van der Waals surface area contributed by atoms with Crippen molar-refractivity contribution in [2.75, 3.05) is 13.2 Å². The summed E-state index contributed by atoms with van der Waals surface area (Å²) < 4.78 is 73.4. The van der Waals surface area contributed by atoms with Gasteiger partial charge in [-0.2, -0.15) is 0 Å². The lowest BCUT2D eigenvalue weighted by Crippen LogP contribution is -2.79. The summed E-state index contributed by atoms with van der Waals surface area (Å²) in [7, 11) is 0. The highest BCUT2D eigenvalue weighted by atomic mass is 19.4. The summed E-state index contributed by atoms with van der Waals surface area (Å²) in [6.07, 6.45) is 1.87. The van der Waals surface area contributed by atoms with Crippen LogP contribution in [0.2, 0.25) is 0 Å². The first kappa shape index (κ1) is 22.3. The number of nitrogens with zero attached hydrogens (tertiary/aromatic N) is 2. The Morgan fingerprint density at radius 3 is 2.55 bits per heavy atom. The van der Waals surface area contributed by atoms with Gasteiger partial charge in [-0.3, -0.25) is 9.53 Å². The third kappa shape index (κ3) is 4.23. The van der Waals surface area contributed by atoms with Gasteiger partial charge in [0.1, 0.15) is 0 Å². The zero-order chi connectivity index (χ0) is 23.4. The van der Waals surface area contributed by atoms with Gasteiger partial charge in [-0.25, -0.2) is 13.8 Å². The van der Waals surface area contributed by atoms with Crippen LogP contribution in [0.25, 0.3) is 11.3 Å². The molecule has 0 saturated heterocycles. The van der Waals surface area contributed by atoms with Gasteiger partial charge in [0.2, 0.25) is 5.91 Å². The van der Waals surface area contributed by atoms with Crippen molar-refractivity contribution in [3.8, 4) is 11.3 Å². The van der Waals surface area contributed by atoms with E-state index in [-0.39, 0.29) is 35.6 Å². The van der Waals surface area contributed by atoms with Crippen LogP contribution in [0.5, 0.6) is 0 Å². The molecule has 1 amide bonds. The summed E-state index contributed by atoms with van der Waals surface area (Å²) in [4.78, 5) is 16.8. The molecule has 0 radical (unpaired) electrons. The van der Waals surface area contributed by atoms with Crippen LogP contribution in [0, 0.1) is 17.6 Å². The molecular formula is C22H22F5N3O3. The Balaban J connectivity index is 1.07. The van der Waals surface area contributed by atoms with Crippen LogP contribution in [0.1, 0.15) is 32.1 Å². The molecule has 4 fully saturated rings. The number of hydrogen-bond donors (Lipinski definition) is 1. The Morgan fingerprint density at radius 2 is 1.88 bits per heavy atom. The van der Waals surface area contributed by atoms with Crippen molar-refractivity contribution < 1.29 is 36.2 Å². The van der Waals surface area contributed by atoms with Gasteiger partial charge >= 0.3 is 6.36 Å². The van der Waals surface area contributed by atoms with E-state index in [1.54, 1.807) is 6.33 Å². The molecule has 1 aromatic heterocycles. The number of imidazole rings is 1. The van der Waals surface area contributed by atoms with Crippen LogP contribution >= 0.6 is 0 Å². The van der Waals surface area contributed by atoms with E-state index in [2.05, 4.69) is 15.0 Å². The number of halogens is 5. The zero-order valence-corrected chi connectivity index (χ0v) is 17.5. The van der Waals surface area contributed by atoms with Crippen LogP contribution in [0.3, 0.4) is 0 Å². The fourth-order valence-corrected chi connectivity index (χ4v) is 5.18. The Bertz CT molecular complexity index is 1040. The molecule has 1 N–H and O–H groups in total. The lowest BCUT2D eigenvalue weighted by atomic mass is 9.44. The number of carbonyl (C=O) groups excluding carboxylic acids is 1. The molecule has 178 valence electrons. The van der Waals surface area contributed by atoms with Gasteiger partial charge in [-0.1, -0.05) is 0 Å². The fraction of sp³-hybridized carbons (Fsp3) is 0.545. The average molecular weight is 471 g/mol. The second kappa shape index (κ2) is 7.76. The number of carbonyl (C=O) groups is 1. The van der Waals surface area contributed by atoms with E-state index in [0.717, 1.165) is 31.4 Å². The lowest BCUT2D eigenvalue weighted by molar-refractivity contribution is -0.328. The second-order valence-electron chi connectivity index (χ2n) is 9.27. The van der Waals surface area contributed by atoms with Crippen LogP contribution in [-0.4, -0.2) is 46.7 Å². The number of amides is 1. The van der Waals surface area contributed by atoms with Gasteiger partial charge in [0.25, 0.3) is 0 Å². The van der Waals surface area contributed by atoms with Crippen molar-refractivity contribution in [1.82, 2.24) is 14.9 Å². The Labute approximate surface area is 186 Å². The molecule has 2 bridgehead atoms. The monoisotopic (exact) mass is 471 g/mol. The van der Waals surface area contributed by atoms with Crippen LogP contribution < -0.4 is 5.32 Å². The highest BCUT2D eigenvalue weighted by Crippen LogP contribution is 2.65. The van der Waals surface area contributed by atoms with E-state index in [4.69, 9.17) is 4.74 Å². The van der Waals surface area contributed by atoms with Crippen molar-refractivity contribution in [2.45, 2.75) is 55.6 Å². The molecule has 4 saturated carbocycles. The van der Waals surface area contributed by atoms with E-state index in [1.807, 2.05) is 10.8 Å². The zero-order valence-electron chi connectivity index (χ0n) is 17.5. The van der Waals surface area contributed by atoms with Crippen molar-refractivity contribution in [2.24, 2.45) is 5.92 Å². The molecule has 0 aliphatic heterocycles. The molecule has 6 nitrogen and oxygen atoms in total. The maximum Gasteiger partial charge on any atom is 0.522 e. The van der Waals surface area contributed by atoms with E-state index < -0.39 is 24.6 Å². The van der Waals surface area contributed by atoms with E-state index >= 15 is 0 Å². The summed E-state index contributed by atoms with van der Waals surface area (Å²) in [6, 6.07) is 3.67. The van der Waals surface area contributed by atoms with Crippen molar-refractivity contribution in [1.29, 1.82) is 0 Å². The molecule has 33 heavy (non-hydrogen) atoms. The smallest absolute Gasteiger partial charge is 0.376 e. The van der Waals surface area contributed by atoms with Crippen molar-refractivity contribution in [3.63, 3.8) is 0 Å². The summed E-state index contributed by atoms with van der Waals surface area (Å²) in [5.41, 5.74) is 0.684. The molecule has 6 rings (SSSR count). The number of ether oxygens (including phenoxy) is 2. The average Bonchev–Trinajstić information content (AvgIpc) is 3.12. The Kier molecular flexibility index (Phi) is 5.24. The first-order chi connectivity index (χ1) is 15.6. The molecule has 11 heteroatoms. The minimum Gasteiger partial charge on any atom is -0.376 e. The topological polar surface area (TPSA) is 65.4 Å². The van der Waals surface area contributed by atoms with Gasteiger partial charge < -0.3 is 14.6 Å². The van der Waals surface area contributed by atoms with Gasteiger partial charge in [0, 0.05) is 23.2 Å². The summed E-state index contributed by atoms with van der Waals surface area (Å²) in [6.45, 7) is -0.726. The van der Waals surface area contributed by atoms with Gasteiger partial charge in [0.05, 0.1) is 36.9 Å². The predicted molar refractivity (Wildman–Crippen MR) is 105 cm³/mol. The maximum atomic E-state index is 13.5. The molecule has 4 aliphatic carbocycles. The highest BCUT2D eigenvalue weighted by molar-refractivity contribution is 5.81. The summed E-state index contributed by atoms with van der Waals surface area (Å²) >= 11 is 0. The molecule has 0 spiro atoms. The third-order valence-electron chi connectivity index (χ3n) is 6.90. The fourth-order valence-electron chi connectivity index (χ4n) is 5.18. The van der Waals surface area contributed by atoms with Crippen LogP contribution in [-0.2, 0) is 19.8 Å². The number of rotatable bonds is 8. The quantitative estimate of drug-likeness (QED) is 0.469. The molecule has 0 unspecified atom stereocenters. The first-order valence-corrected chi connectivity index (χ1v) is 10.7. The molecule has 2 aromatic rings. The SMILES string of the molecule is O=C(NC12CC(n3cnc(-c4ccc(F)c(F)c4)c3)(C1)C2)C1CC(OCCOC(F)(F)F)C1. The third-order valence-corrected chi connectivity index (χ3v) is 6.90. The highest BCUT2D eigenvalue weighted by Gasteiger charge is 2.70. The van der Waals surface area contributed by atoms with E-state index in [0.29, 0.717) is 24.1 Å². The van der Waals surface area contributed by atoms with E-state index in [1.165, 1.54) is 6.07 Å². The number of nitrogens with one attached hydrogen (secondary N) is 1. The number of aromatic nitrogens is 2. The number of benzene rings is 1.